The first-order valence-corrected chi connectivity index (χ1v) is 6.38. The summed E-state index contributed by atoms with van der Waals surface area (Å²) in [6.07, 6.45) is 1.33. The molecule has 0 aliphatic rings. The van der Waals surface area contributed by atoms with E-state index in [1.807, 2.05) is 6.07 Å². The molecule has 0 fully saturated rings. The highest BCUT2D eigenvalue weighted by Crippen LogP contribution is 2.13. The number of para-hydroxylation sites is 1. The van der Waals surface area contributed by atoms with Crippen molar-refractivity contribution in [3.8, 4) is 6.07 Å². The second-order valence-corrected chi connectivity index (χ2v) is 4.48. The number of benzene rings is 1. The van der Waals surface area contributed by atoms with Crippen LogP contribution in [0, 0.1) is 11.3 Å². The topological polar surface area (TPSA) is 96.0 Å². The van der Waals surface area contributed by atoms with E-state index in [1.165, 1.54) is 24.4 Å². The second kappa shape index (κ2) is 5.50. The highest BCUT2D eigenvalue weighted by Gasteiger charge is 2.14. The normalized spacial score (nSPS) is 10.1. The maximum atomic E-state index is 12.2. The lowest BCUT2D eigenvalue weighted by molar-refractivity contribution is 0.102. The first-order chi connectivity index (χ1) is 10.7. The number of aromatic nitrogens is 1. The van der Waals surface area contributed by atoms with Crippen LogP contribution in [0.3, 0.4) is 0 Å². The summed E-state index contributed by atoms with van der Waals surface area (Å²) in [6, 6.07) is 13.3. The van der Waals surface area contributed by atoms with Gasteiger partial charge in [0.2, 0.25) is 0 Å². The molecule has 6 nitrogen and oxygen atoms in total. The standard InChI is InChI=1S/C16H9N3O3/c17-8-10-5-6-14(18-9-10)19-15(20)12-7-11-3-1-2-4-13(11)22-16(12)21/h1-7,9H,(H,18,19,20). The van der Waals surface area contributed by atoms with E-state index in [-0.39, 0.29) is 11.4 Å². The third kappa shape index (κ3) is 2.55. The number of fused-ring (bicyclic) bond motifs is 1. The third-order valence-electron chi connectivity index (χ3n) is 3.02. The van der Waals surface area contributed by atoms with Gasteiger partial charge in [0.25, 0.3) is 5.91 Å². The van der Waals surface area contributed by atoms with Crippen LogP contribution in [0.15, 0.2) is 57.9 Å². The molecular weight excluding hydrogens is 282 g/mol. The Morgan fingerprint density at radius 2 is 2.05 bits per heavy atom. The van der Waals surface area contributed by atoms with Gasteiger partial charge in [-0.05, 0) is 24.3 Å². The molecule has 2 heterocycles. The van der Waals surface area contributed by atoms with Gasteiger partial charge in [-0.1, -0.05) is 18.2 Å². The summed E-state index contributed by atoms with van der Waals surface area (Å²) in [5.41, 5.74) is -0.0292. The van der Waals surface area contributed by atoms with E-state index >= 15 is 0 Å². The Balaban J connectivity index is 1.93. The van der Waals surface area contributed by atoms with Gasteiger partial charge in [0, 0.05) is 11.6 Å². The highest BCUT2D eigenvalue weighted by molar-refractivity contribution is 6.04. The molecule has 0 aliphatic heterocycles. The van der Waals surface area contributed by atoms with E-state index in [0.717, 1.165) is 0 Å². The third-order valence-corrected chi connectivity index (χ3v) is 3.02. The quantitative estimate of drug-likeness (QED) is 0.731. The van der Waals surface area contributed by atoms with Crippen molar-refractivity contribution in [1.82, 2.24) is 4.98 Å². The molecule has 106 valence electrons. The molecule has 0 radical (unpaired) electrons. The molecule has 0 saturated heterocycles. The van der Waals surface area contributed by atoms with Crippen LogP contribution < -0.4 is 10.9 Å². The minimum absolute atomic E-state index is 0.107. The van der Waals surface area contributed by atoms with Crippen molar-refractivity contribution in [2.45, 2.75) is 0 Å². The zero-order chi connectivity index (χ0) is 15.5. The van der Waals surface area contributed by atoms with Crippen LogP contribution in [-0.4, -0.2) is 10.9 Å². The van der Waals surface area contributed by atoms with E-state index < -0.39 is 11.5 Å². The number of nitriles is 1. The molecule has 0 spiro atoms. The van der Waals surface area contributed by atoms with Gasteiger partial charge in [0.1, 0.15) is 23.0 Å². The monoisotopic (exact) mass is 291 g/mol. The fourth-order valence-electron chi connectivity index (χ4n) is 1.94. The SMILES string of the molecule is N#Cc1ccc(NC(=O)c2cc3ccccc3oc2=O)nc1. The number of carbonyl (C=O) groups is 1. The van der Waals surface area contributed by atoms with Crippen LogP contribution in [-0.2, 0) is 0 Å². The lowest BCUT2D eigenvalue weighted by Crippen LogP contribution is -2.21. The average Bonchev–Trinajstić information content (AvgIpc) is 2.54. The Labute approximate surface area is 124 Å². The molecule has 0 unspecified atom stereocenters. The molecule has 0 bridgehead atoms. The van der Waals surface area contributed by atoms with E-state index in [4.69, 9.17) is 9.68 Å². The summed E-state index contributed by atoms with van der Waals surface area (Å²) in [4.78, 5) is 28.0. The average molecular weight is 291 g/mol. The van der Waals surface area contributed by atoms with Crippen LogP contribution in [0.4, 0.5) is 5.82 Å². The molecule has 0 atom stereocenters. The molecule has 0 saturated carbocycles. The highest BCUT2D eigenvalue weighted by atomic mass is 16.4. The minimum atomic E-state index is -0.718. The van der Waals surface area contributed by atoms with Crippen molar-refractivity contribution in [2.24, 2.45) is 0 Å². The Morgan fingerprint density at radius 1 is 1.23 bits per heavy atom. The van der Waals surface area contributed by atoms with Crippen molar-refractivity contribution in [3.63, 3.8) is 0 Å². The fraction of sp³-hybridized carbons (Fsp3) is 0. The molecule has 6 heteroatoms. The molecule has 3 aromatic rings. The fourth-order valence-corrected chi connectivity index (χ4v) is 1.94. The Hall–Kier alpha value is -3.46. The molecule has 22 heavy (non-hydrogen) atoms. The molecular formula is C16H9N3O3. The van der Waals surface area contributed by atoms with E-state index in [2.05, 4.69) is 10.3 Å². The molecule has 1 N–H and O–H groups in total. The second-order valence-electron chi connectivity index (χ2n) is 4.48. The summed E-state index contributed by atoms with van der Waals surface area (Å²) in [5, 5.41) is 11.8. The van der Waals surface area contributed by atoms with Crippen molar-refractivity contribution in [1.29, 1.82) is 5.26 Å². The van der Waals surface area contributed by atoms with Crippen LogP contribution in [0.2, 0.25) is 0 Å². The van der Waals surface area contributed by atoms with Gasteiger partial charge in [-0.15, -0.1) is 0 Å². The van der Waals surface area contributed by atoms with Crippen LogP contribution in [0.5, 0.6) is 0 Å². The Morgan fingerprint density at radius 3 is 2.77 bits per heavy atom. The first kappa shape index (κ1) is 13.5. The number of rotatable bonds is 2. The minimum Gasteiger partial charge on any atom is -0.422 e. The smallest absolute Gasteiger partial charge is 0.349 e. The van der Waals surface area contributed by atoms with Gasteiger partial charge in [-0.25, -0.2) is 9.78 Å². The van der Waals surface area contributed by atoms with Gasteiger partial charge >= 0.3 is 5.63 Å². The van der Waals surface area contributed by atoms with Gasteiger partial charge in [-0.2, -0.15) is 5.26 Å². The predicted molar refractivity (Wildman–Crippen MR) is 79.4 cm³/mol. The number of hydrogen-bond acceptors (Lipinski definition) is 5. The maximum Gasteiger partial charge on any atom is 0.349 e. The van der Waals surface area contributed by atoms with E-state index in [1.54, 1.807) is 24.3 Å². The Kier molecular flexibility index (Phi) is 3.38. The first-order valence-electron chi connectivity index (χ1n) is 6.38. The van der Waals surface area contributed by atoms with Gasteiger partial charge in [0.15, 0.2) is 0 Å². The number of nitrogens with one attached hydrogen (secondary N) is 1. The molecule has 1 aromatic carbocycles. The lowest BCUT2D eigenvalue weighted by Gasteiger charge is -2.04. The van der Waals surface area contributed by atoms with E-state index in [0.29, 0.717) is 16.5 Å². The Bertz CT molecular complexity index is 953. The van der Waals surface area contributed by atoms with Crippen molar-refractivity contribution < 1.29 is 9.21 Å². The molecule has 2 aromatic heterocycles. The van der Waals surface area contributed by atoms with Gasteiger partial charge < -0.3 is 9.73 Å². The van der Waals surface area contributed by atoms with Crippen molar-refractivity contribution in [2.75, 3.05) is 5.32 Å². The number of carbonyl (C=O) groups excluding carboxylic acids is 1. The predicted octanol–water partition coefficient (Wildman–Crippen LogP) is 2.31. The van der Waals surface area contributed by atoms with Crippen molar-refractivity contribution >= 4 is 22.7 Å². The summed E-state index contributed by atoms with van der Waals surface area (Å²) in [7, 11) is 0. The summed E-state index contributed by atoms with van der Waals surface area (Å²) in [6.45, 7) is 0. The molecule has 0 aliphatic carbocycles. The lowest BCUT2D eigenvalue weighted by atomic mass is 10.2. The summed E-state index contributed by atoms with van der Waals surface area (Å²) < 4.78 is 5.11. The number of nitrogens with zero attached hydrogens (tertiary/aromatic N) is 2. The summed E-state index contributed by atoms with van der Waals surface area (Å²) in [5.74, 6) is -0.367. The van der Waals surface area contributed by atoms with Crippen molar-refractivity contribution in [3.05, 3.63) is 70.2 Å². The summed E-state index contributed by atoms with van der Waals surface area (Å²) >= 11 is 0. The number of pyridine rings is 1. The van der Waals surface area contributed by atoms with Gasteiger partial charge in [-0.3, -0.25) is 4.79 Å². The molecule has 1 amide bonds. The van der Waals surface area contributed by atoms with E-state index in [9.17, 15) is 9.59 Å². The zero-order valence-corrected chi connectivity index (χ0v) is 11.2. The maximum absolute atomic E-state index is 12.2. The van der Waals surface area contributed by atoms with Crippen LogP contribution >= 0.6 is 0 Å². The number of hydrogen-bond donors (Lipinski definition) is 1. The number of amides is 1. The van der Waals surface area contributed by atoms with Crippen LogP contribution in [0.1, 0.15) is 15.9 Å². The van der Waals surface area contributed by atoms with Gasteiger partial charge in [0.05, 0.1) is 5.56 Å². The largest absolute Gasteiger partial charge is 0.422 e. The van der Waals surface area contributed by atoms with Crippen LogP contribution in [0.25, 0.3) is 11.0 Å². The molecule has 3 rings (SSSR count). The number of anilines is 1. The zero-order valence-electron chi connectivity index (χ0n) is 11.2.